The van der Waals surface area contributed by atoms with Gasteiger partial charge >= 0.3 is 0 Å². The molecule has 3 atom stereocenters. The molecule has 4 heteroatoms. The highest BCUT2D eigenvalue weighted by Crippen LogP contribution is 2.49. The van der Waals surface area contributed by atoms with E-state index in [1.165, 1.54) is 24.0 Å². The molecule has 2 fully saturated rings. The summed E-state index contributed by atoms with van der Waals surface area (Å²) in [5, 5.41) is 3.56. The van der Waals surface area contributed by atoms with Crippen LogP contribution in [-0.2, 0) is 13.1 Å². The van der Waals surface area contributed by atoms with Crippen molar-refractivity contribution in [3.63, 3.8) is 0 Å². The summed E-state index contributed by atoms with van der Waals surface area (Å²) in [4.78, 5) is 2.60. The van der Waals surface area contributed by atoms with Crippen LogP contribution < -0.4 is 14.8 Å². The number of hydrogen-bond acceptors (Lipinski definition) is 4. The third-order valence-electron chi connectivity index (χ3n) is 7.92. The minimum Gasteiger partial charge on any atom is -0.490 e. The normalized spacial score (nSPS) is 26.4. The van der Waals surface area contributed by atoms with Crippen molar-refractivity contribution in [1.29, 1.82) is 0 Å². The molecule has 2 heterocycles. The van der Waals surface area contributed by atoms with E-state index in [0.29, 0.717) is 0 Å². The Kier molecular flexibility index (Phi) is 6.37. The Hall–Kier alpha value is -2.82. The van der Waals surface area contributed by atoms with Gasteiger partial charge in [-0.05, 0) is 81.3 Å². The Morgan fingerprint density at radius 1 is 0.765 bits per heavy atom. The summed E-state index contributed by atoms with van der Waals surface area (Å²) in [7, 11) is 2.29. The van der Waals surface area contributed by atoms with Crippen molar-refractivity contribution < 1.29 is 9.47 Å². The van der Waals surface area contributed by atoms with Gasteiger partial charge in [0.2, 0.25) is 0 Å². The van der Waals surface area contributed by atoms with Crippen LogP contribution in [-0.4, -0.2) is 29.1 Å². The zero-order chi connectivity index (χ0) is 23.6. The number of nitrogens with zero attached hydrogens (tertiary/aromatic N) is 1. The lowest BCUT2D eigenvalue weighted by atomic mass is 9.84. The largest absolute Gasteiger partial charge is 0.490 e. The minimum atomic E-state index is 0.262. The summed E-state index contributed by atoms with van der Waals surface area (Å²) in [5.41, 5.74) is 3.00. The summed E-state index contributed by atoms with van der Waals surface area (Å²) >= 11 is 0. The topological polar surface area (TPSA) is 33.7 Å². The maximum absolute atomic E-state index is 6.51. The van der Waals surface area contributed by atoms with Gasteiger partial charge < -0.3 is 14.8 Å². The second-order valence-corrected chi connectivity index (χ2v) is 10.5. The van der Waals surface area contributed by atoms with Crippen molar-refractivity contribution >= 4 is 0 Å². The molecule has 1 N–H and O–H groups in total. The number of fused-ring (bicyclic) bond motifs is 2. The minimum absolute atomic E-state index is 0.262. The average molecular weight is 457 g/mol. The SMILES string of the molecule is CN1[C@@]2(C)CC[C@]1(C)CC(Oc1cccc(CNCc3ccc(Oc4ccccc4)cc3)c1)C2. The van der Waals surface area contributed by atoms with E-state index in [1.807, 2.05) is 42.5 Å². The van der Waals surface area contributed by atoms with E-state index in [9.17, 15) is 0 Å². The first-order chi connectivity index (χ1) is 16.4. The average Bonchev–Trinajstić information content (AvgIpc) is 2.96. The number of ether oxygens (including phenoxy) is 2. The number of benzene rings is 3. The molecule has 2 bridgehead atoms. The Morgan fingerprint density at radius 3 is 2.09 bits per heavy atom. The Labute approximate surface area is 203 Å². The van der Waals surface area contributed by atoms with E-state index in [0.717, 1.165) is 43.2 Å². The molecule has 5 rings (SSSR count). The van der Waals surface area contributed by atoms with Crippen molar-refractivity contribution in [2.75, 3.05) is 7.05 Å². The molecule has 0 spiro atoms. The van der Waals surface area contributed by atoms with Gasteiger partial charge in [-0.3, -0.25) is 4.90 Å². The second kappa shape index (κ2) is 9.44. The number of rotatable bonds is 8. The fourth-order valence-corrected chi connectivity index (χ4v) is 5.71. The van der Waals surface area contributed by atoms with Crippen LogP contribution in [0.15, 0.2) is 78.9 Å². The number of para-hydroxylation sites is 1. The van der Waals surface area contributed by atoms with E-state index in [4.69, 9.17) is 9.47 Å². The number of piperidine rings is 1. The lowest BCUT2D eigenvalue weighted by Gasteiger charge is -2.49. The van der Waals surface area contributed by atoms with Gasteiger partial charge in [0.25, 0.3) is 0 Å². The monoisotopic (exact) mass is 456 g/mol. The second-order valence-electron chi connectivity index (χ2n) is 10.5. The van der Waals surface area contributed by atoms with Crippen molar-refractivity contribution in [2.24, 2.45) is 0 Å². The van der Waals surface area contributed by atoms with Gasteiger partial charge in [0.15, 0.2) is 0 Å². The Morgan fingerprint density at radius 2 is 1.38 bits per heavy atom. The maximum atomic E-state index is 6.51. The molecule has 2 saturated heterocycles. The van der Waals surface area contributed by atoms with E-state index in [2.05, 4.69) is 67.5 Å². The zero-order valence-electron chi connectivity index (χ0n) is 20.6. The Balaban J connectivity index is 1.12. The highest BCUT2D eigenvalue weighted by Gasteiger charge is 2.54. The molecule has 3 aromatic rings. The van der Waals surface area contributed by atoms with Crippen LogP contribution in [0.4, 0.5) is 0 Å². The van der Waals surface area contributed by atoms with Crippen LogP contribution in [0.2, 0.25) is 0 Å². The fraction of sp³-hybridized carbons (Fsp3) is 0.400. The van der Waals surface area contributed by atoms with Gasteiger partial charge in [0.05, 0.1) is 0 Å². The molecule has 3 aromatic carbocycles. The first-order valence-electron chi connectivity index (χ1n) is 12.4. The molecule has 0 aromatic heterocycles. The lowest BCUT2D eigenvalue weighted by molar-refractivity contribution is -0.0250. The van der Waals surface area contributed by atoms with Crippen LogP contribution in [0.1, 0.15) is 50.7 Å². The molecule has 4 nitrogen and oxygen atoms in total. The van der Waals surface area contributed by atoms with Gasteiger partial charge in [-0.15, -0.1) is 0 Å². The smallest absolute Gasteiger partial charge is 0.127 e. The molecule has 0 amide bonds. The van der Waals surface area contributed by atoms with Gasteiger partial charge in [-0.2, -0.15) is 0 Å². The molecular formula is C30H36N2O2. The Bertz CT molecular complexity index is 1080. The summed E-state index contributed by atoms with van der Waals surface area (Å²) in [6.45, 7) is 6.41. The maximum Gasteiger partial charge on any atom is 0.127 e. The molecule has 34 heavy (non-hydrogen) atoms. The quantitative estimate of drug-likeness (QED) is 0.417. The van der Waals surface area contributed by atoms with Crippen molar-refractivity contribution in [3.05, 3.63) is 90.0 Å². The van der Waals surface area contributed by atoms with Crippen LogP contribution in [0.25, 0.3) is 0 Å². The van der Waals surface area contributed by atoms with Crippen molar-refractivity contribution in [2.45, 2.75) is 69.8 Å². The molecule has 178 valence electrons. The van der Waals surface area contributed by atoms with E-state index in [1.54, 1.807) is 0 Å². The summed E-state index contributed by atoms with van der Waals surface area (Å²) < 4.78 is 12.4. The third-order valence-corrected chi connectivity index (χ3v) is 7.92. The van der Waals surface area contributed by atoms with Gasteiger partial charge in [0.1, 0.15) is 23.4 Å². The molecule has 1 unspecified atom stereocenters. The first kappa shape index (κ1) is 22.9. The van der Waals surface area contributed by atoms with Crippen LogP contribution in [0.3, 0.4) is 0 Å². The molecular weight excluding hydrogens is 420 g/mol. The first-order valence-corrected chi connectivity index (χ1v) is 12.4. The standard InChI is InChI=1S/C30H36N2O2/c1-29-16-17-30(2,32(29)3)20-28(19-29)34-27-11-7-8-24(18-27)22-31-21-23-12-14-26(15-13-23)33-25-9-5-4-6-10-25/h4-15,18,28,31H,16-17,19-22H2,1-3H3/t28?,29-,30+. The van der Waals surface area contributed by atoms with Crippen LogP contribution >= 0.6 is 0 Å². The molecule has 2 aliphatic rings. The van der Waals surface area contributed by atoms with Crippen LogP contribution in [0, 0.1) is 0 Å². The molecule has 0 aliphatic carbocycles. The van der Waals surface area contributed by atoms with Crippen LogP contribution in [0.5, 0.6) is 17.2 Å². The number of hydrogen-bond donors (Lipinski definition) is 1. The van der Waals surface area contributed by atoms with Gasteiger partial charge in [-0.25, -0.2) is 0 Å². The van der Waals surface area contributed by atoms with E-state index >= 15 is 0 Å². The van der Waals surface area contributed by atoms with Crippen molar-refractivity contribution in [3.8, 4) is 17.2 Å². The van der Waals surface area contributed by atoms with Crippen molar-refractivity contribution in [1.82, 2.24) is 10.2 Å². The zero-order valence-corrected chi connectivity index (χ0v) is 20.6. The highest BCUT2D eigenvalue weighted by atomic mass is 16.5. The summed E-state index contributed by atoms with van der Waals surface area (Å²) in [5.74, 6) is 2.69. The molecule has 2 aliphatic heterocycles. The molecule has 0 saturated carbocycles. The predicted molar refractivity (Wildman–Crippen MR) is 137 cm³/mol. The summed E-state index contributed by atoms with van der Waals surface area (Å²) in [6, 6.07) is 26.7. The molecule has 0 radical (unpaired) electrons. The lowest BCUT2D eigenvalue weighted by Crippen LogP contribution is -2.57. The third kappa shape index (κ3) is 4.98. The predicted octanol–water partition coefficient (Wildman–Crippen LogP) is 6.55. The number of nitrogens with one attached hydrogen (secondary N) is 1. The van der Waals surface area contributed by atoms with Gasteiger partial charge in [-0.1, -0.05) is 42.5 Å². The fourth-order valence-electron chi connectivity index (χ4n) is 5.71. The van der Waals surface area contributed by atoms with E-state index in [-0.39, 0.29) is 17.2 Å². The summed E-state index contributed by atoms with van der Waals surface area (Å²) in [6.07, 6.45) is 5.03. The van der Waals surface area contributed by atoms with E-state index < -0.39 is 0 Å². The van der Waals surface area contributed by atoms with Gasteiger partial charge in [0, 0.05) is 37.0 Å². The highest BCUT2D eigenvalue weighted by molar-refractivity contribution is 5.33.